The summed E-state index contributed by atoms with van der Waals surface area (Å²) in [5.41, 5.74) is 0.0869. The van der Waals surface area contributed by atoms with Crippen LogP contribution in [0.1, 0.15) is 0 Å². The van der Waals surface area contributed by atoms with E-state index in [1.165, 1.54) is 16.5 Å². The fraction of sp³-hybridized carbons (Fsp3) is 0.333. The van der Waals surface area contributed by atoms with Gasteiger partial charge < -0.3 is 14.7 Å². The number of nitrogens with zero attached hydrogens (tertiary/aromatic N) is 3. The Balaban J connectivity index is 2.14. The third-order valence-corrected chi connectivity index (χ3v) is 2.99. The highest BCUT2D eigenvalue weighted by atomic mass is 16.5. The Bertz CT molecular complexity index is 632. The molecule has 0 aliphatic carbocycles. The molecule has 1 fully saturated rings. The van der Waals surface area contributed by atoms with Crippen LogP contribution < -0.4 is 10.5 Å². The molecule has 18 heavy (non-hydrogen) atoms. The van der Waals surface area contributed by atoms with E-state index in [9.17, 15) is 9.90 Å². The first-order valence-electron chi connectivity index (χ1n) is 5.80. The highest BCUT2D eigenvalue weighted by Crippen LogP contribution is 2.17. The van der Waals surface area contributed by atoms with Crippen molar-refractivity contribution >= 4 is 11.5 Å². The van der Waals surface area contributed by atoms with E-state index in [-0.39, 0.29) is 17.0 Å². The highest BCUT2D eigenvalue weighted by Gasteiger charge is 2.14. The third-order valence-electron chi connectivity index (χ3n) is 2.99. The van der Waals surface area contributed by atoms with Gasteiger partial charge in [0.15, 0.2) is 11.4 Å². The maximum atomic E-state index is 11.9. The SMILES string of the molecule is O=c1cc(N2CCOCC2)nc2c(O)cccn12. The van der Waals surface area contributed by atoms with Gasteiger partial charge >= 0.3 is 0 Å². The number of aromatic nitrogens is 2. The molecule has 0 spiro atoms. The number of aromatic hydroxyl groups is 1. The summed E-state index contributed by atoms with van der Waals surface area (Å²) >= 11 is 0. The van der Waals surface area contributed by atoms with E-state index in [0.29, 0.717) is 32.1 Å². The van der Waals surface area contributed by atoms with Crippen molar-refractivity contribution in [2.75, 3.05) is 31.2 Å². The van der Waals surface area contributed by atoms with E-state index in [0.717, 1.165) is 0 Å². The second kappa shape index (κ2) is 4.30. The molecule has 0 amide bonds. The van der Waals surface area contributed by atoms with Gasteiger partial charge in [-0.25, -0.2) is 4.98 Å². The molecule has 0 atom stereocenters. The van der Waals surface area contributed by atoms with E-state index in [4.69, 9.17) is 4.74 Å². The van der Waals surface area contributed by atoms with Crippen LogP contribution in [0.25, 0.3) is 5.65 Å². The summed E-state index contributed by atoms with van der Waals surface area (Å²) in [5.74, 6) is 0.592. The number of fused-ring (bicyclic) bond motifs is 1. The van der Waals surface area contributed by atoms with Crippen molar-refractivity contribution in [2.24, 2.45) is 0 Å². The number of hydrogen-bond acceptors (Lipinski definition) is 5. The second-order valence-corrected chi connectivity index (χ2v) is 4.14. The summed E-state index contributed by atoms with van der Waals surface area (Å²) in [6.45, 7) is 2.66. The lowest BCUT2D eigenvalue weighted by Gasteiger charge is -2.27. The van der Waals surface area contributed by atoms with E-state index in [1.807, 2.05) is 4.90 Å². The number of rotatable bonds is 1. The number of morpholine rings is 1. The second-order valence-electron chi connectivity index (χ2n) is 4.14. The molecule has 6 nitrogen and oxygen atoms in total. The topological polar surface area (TPSA) is 67.1 Å². The van der Waals surface area contributed by atoms with Crippen LogP contribution in [0.3, 0.4) is 0 Å². The minimum atomic E-state index is -0.197. The number of ether oxygens (including phenoxy) is 1. The largest absolute Gasteiger partial charge is 0.504 e. The van der Waals surface area contributed by atoms with Crippen molar-refractivity contribution in [3.05, 3.63) is 34.7 Å². The zero-order valence-corrected chi connectivity index (χ0v) is 9.74. The molecule has 2 aromatic rings. The van der Waals surface area contributed by atoms with Gasteiger partial charge in [-0.1, -0.05) is 0 Å². The normalized spacial score (nSPS) is 16.1. The zero-order chi connectivity index (χ0) is 12.5. The monoisotopic (exact) mass is 247 g/mol. The maximum Gasteiger partial charge on any atom is 0.260 e. The first-order chi connectivity index (χ1) is 8.75. The Kier molecular flexibility index (Phi) is 2.64. The molecule has 0 bridgehead atoms. The molecule has 3 heterocycles. The average Bonchev–Trinajstić information content (AvgIpc) is 2.41. The quantitative estimate of drug-likeness (QED) is 0.781. The third kappa shape index (κ3) is 1.80. The van der Waals surface area contributed by atoms with Crippen molar-refractivity contribution in [1.82, 2.24) is 9.38 Å². The lowest BCUT2D eigenvalue weighted by Crippen LogP contribution is -2.37. The number of anilines is 1. The highest BCUT2D eigenvalue weighted by molar-refractivity contribution is 5.56. The Morgan fingerprint density at radius 2 is 2.11 bits per heavy atom. The summed E-state index contributed by atoms with van der Waals surface area (Å²) in [6, 6.07) is 4.61. The predicted octanol–water partition coefficient (Wildman–Crippen LogP) is 0.237. The molecule has 0 radical (unpaired) electrons. The van der Waals surface area contributed by atoms with Crippen molar-refractivity contribution < 1.29 is 9.84 Å². The average molecular weight is 247 g/mol. The molecule has 1 aliphatic heterocycles. The molecular formula is C12H13N3O3. The molecule has 2 aromatic heterocycles. The van der Waals surface area contributed by atoms with Crippen molar-refractivity contribution in [3.63, 3.8) is 0 Å². The van der Waals surface area contributed by atoms with Crippen LogP contribution >= 0.6 is 0 Å². The molecule has 0 saturated carbocycles. The standard InChI is InChI=1S/C12H13N3O3/c16-9-2-1-3-15-11(17)8-10(13-12(9)15)14-4-6-18-7-5-14/h1-3,8,16H,4-7H2. The van der Waals surface area contributed by atoms with Gasteiger partial charge in [0.05, 0.1) is 13.2 Å². The summed E-state index contributed by atoms with van der Waals surface area (Å²) in [6.07, 6.45) is 1.59. The molecule has 1 saturated heterocycles. The number of hydrogen-bond donors (Lipinski definition) is 1. The molecule has 0 unspecified atom stereocenters. The van der Waals surface area contributed by atoms with Crippen LogP contribution in [0.4, 0.5) is 5.82 Å². The molecule has 1 N–H and O–H groups in total. The maximum absolute atomic E-state index is 11.9. The smallest absolute Gasteiger partial charge is 0.260 e. The van der Waals surface area contributed by atoms with E-state index < -0.39 is 0 Å². The first-order valence-corrected chi connectivity index (χ1v) is 5.80. The Morgan fingerprint density at radius 3 is 2.89 bits per heavy atom. The van der Waals surface area contributed by atoms with Gasteiger partial charge in [0.25, 0.3) is 5.56 Å². The Morgan fingerprint density at radius 1 is 1.33 bits per heavy atom. The fourth-order valence-electron chi connectivity index (χ4n) is 2.05. The van der Waals surface area contributed by atoms with Gasteiger partial charge in [-0.05, 0) is 12.1 Å². The summed E-state index contributed by atoms with van der Waals surface area (Å²) in [4.78, 5) is 18.3. The van der Waals surface area contributed by atoms with E-state index in [1.54, 1.807) is 12.3 Å². The van der Waals surface area contributed by atoms with Gasteiger partial charge in [0.1, 0.15) is 5.82 Å². The Labute approximate surface area is 103 Å². The van der Waals surface area contributed by atoms with Crippen LogP contribution in [0, 0.1) is 0 Å². The van der Waals surface area contributed by atoms with Gasteiger partial charge in [-0.3, -0.25) is 9.20 Å². The van der Waals surface area contributed by atoms with Crippen LogP contribution in [0.2, 0.25) is 0 Å². The van der Waals surface area contributed by atoms with Gasteiger partial charge in [-0.2, -0.15) is 0 Å². The predicted molar refractivity (Wildman–Crippen MR) is 66.2 cm³/mol. The van der Waals surface area contributed by atoms with Crippen molar-refractivity contribution in [2.45, 2.75) is 0 Å². The first kappa shape index (κ1) is 11.0. The number of pyridine rings is 1. The minimum Gasteiger partial charge on any atom is -0.504 e. The van der Waals surface area contributed by atoms with Crippen LogP contribution in [0.15, 0.2) is 29.2 Å². The molecule has 1 aliphatic rings. The fourth-order valence-corrected chi connectivity index (χ4v) is 2.05. The summed E-state index contributed by atoms with van der Waals surface area (Å²) < 4.78 is 6.59. The van der Waals surface area contributed by atoms with Crippen LogP contribution in [-0.4, -0.2) is 40.8 Å². The zero-order valence-electron chi connectivity index (χ0n) is 9.74. The Hall–Kier alpha value is -2.08. The van der Waals surface area contributed by atoms with E-state index >= 15 is 0 Å². The molecule has 3 rings (SSSR count). The van der Waals surface area contributed by atoms with Crippen LogP contribution in [-0.2, 0) is 4.74 Å². The molecular weight excluding hydrogens is 234 g/mol. The lowest BCUT2D eigenvalue weighted by atomic mass is 10.3. The summed E-state index contributed by atoms with van der Waals surface area (Å²) in [7, 11) is 0. The lowest BCUT2D eigenvalue weighted by molar-refractivity contribution is 0.122. The van der Waals surface area contributed by atoms with E-state index in [2.05, 4.69) is 4.98 Å². The van der Waals surface area contributed by atoms with Gasteiger partial charge in [0, 0.05) is 25.4 Å². The molecule has 6 heteroatoms. The summed E-state index contributed by atoms with van der Waals surface area (Å²) in [5, 5.41) is 9.75. The molecule has 0 aromatic carbocycles. The minimum absolute atomic E-state index is 0.00436. The van der Waals surface area contributed by atoms with Crippen molar-refractivity contribution in [3.8, 4) is 5.75 Å². The molecule has 94 valence electrons. The van der Waals surface area contributed by atoms with Gasteiger partial charge in [0.2, 0.25) is 0 Å². The van der Waals surface area contributed by atoms with Crippen LogP contribution in [0.5, 0.6) is 5.75 Å². The van der Waals surface area contributed by atoms with Crippen molar-refractivity contribution in [1.29, 1.82) is 0 Å². The van der Waals surface area contributed by atoms with Gasteiger partial charge in [-0.15, -0.1) is 0 Å².